The van der Waals surface area contributed by atoms with Gasteiger partial charge in [-0.15, -0.1) is 0 Å². The average molecular weight is 330 g/mol. The van der Waals surface area contributed by atoms with Gasteiger partial charge in [0.25, 0.3) is 5.91 Å². The van der Waals surface area contributed by atoms with Gasteiger partial charge in [0.15, 0.2) is 18.2 Å². The lowest BCUT2D eigenvalue weighted by Crippen LogP contribution is -2.20. The summed E-state index contributed by atoms with van der Waals surface area (Å²) in [7, 11) is 0. The Labute approximate surface area is 137 Å². The smallest absolute Gasteiger partial charge is 0.407 e. The number of hydrogen-bond donors (Lipinski definition) is 2. The molecule has 2 aromatic rings. The predicted molar refractivity (Wildman–Crippen MR) is 84.2 cm³/mol. The van der Waals surface area contributed by atoms with Crippen LogP contribution in [-0.4, -0.2) is 25.2 Å². The topological polar surface area (TPSA) is 76.7 Å². The number of ether oxygens (including phenoxy) is 2. The van der Waals surface area contributed by atoms with Crippen molar-refractivity contribution in [2.75, 3.05) is 18.5 Å². The molecule has 0 spiro atoms. The number of carbonyl (C=O) groups excluding carboxylic acids is 2. The molecule has 0 radical (unpaired) electrons. The van der Waals surface area contributed by atoms with Gasteiger partial charge in [0.1, 0.15) is 6.10 Å². The second-order valence-corrected chi connectivity index (χ2v) is 5.16. The van der Waals surface area contributed by atoms with E-state index in [1.54, 1.807) is 36.4 Å². The number of carbonyl (C=O) groups is 2. The highest BCUT2D eigenvalue weighted by Crippen LogP contribution is 2.22. The zero-order valence-corrected chi connectivity index (χ0v) is 12.6. The van der Waals surface area contributed by atoms with Gasteiger partial charge in [-0.3, -0.25) is 4.79 Å². The van der Waals surface area contributed by atoms with E-state index in [9.17, 15) is 14.0 Å². The first-order valence-electron chi connectivity index (χ1n) is 7.33. The van der Waals surface area contributed by atoms with Gasteiger partial charge in [-0.2, -0.15) is 0 Å². The van der Waals surface area contributed by atoms with Gasteiger partial charge < -0.3 is 20.1 Å². The lowest BCUT2D eigenvalue weighted by Gasteiger charge is -2.10. The summed E-state index contributed by atoms with van der Waals surface area (Å²) in [5.41, 5.74) is 1.40. The maximum Gasteiger partial charge on any atom is 0.407 e. The van der Waals surface area contributed by atoms with Gasteiger partial charge in [-0.05, 0) is 29.8 Å². The number of anilines is 1. The molecule has 1 saturated heterocycles. The molecule has 1 fully saturated rings. The number of cyclic esters (lactones) is 1. The van der Waals surface area contributed by atoms with Gasteiger partial charge in [-0.25, -0.2) is 9.18 Å². The highest BCUT2D eigenvalue weighted by atomic mass is 19.1. The van der Waals surface area contributed by atoms with Crippen molar-refractivity contribution in [3.05, 3.63) is 59.9 Å². The van der Waals surface area contributed by atoms with Gasteiger partial charge in [-0.1, -0.05) is 24.3 Å². The number of halogens is 1. The standard InChI is InChI=1S/C17H15FN2O4/c18-13-3-1-2-4-14(13)23-10-16(21)20-12-7-5-11(6-8-12)15-9-19-17(22)24-15/h1-8,15H,9-10H2,(H,19,22)(H,20,21). The minimum absolute atomic E-state index is 0.0264. The molecular formula is C17H15FN2O4. The number of hydrogen-bond acceptors (Lipinski definition) is 4. The Morgan fingerprint density at radius 3 is 2.67 bits per heavy atom. The van der Waals surface area contributed by atoms with Crippen molar-refractivity contribution in [1.29, 1.82) is 0 Å². The van der Waals surface area contributed by atoms with Crippen LogP contribution in [0.25, 0.3) is 0 Å². The third-order valence-corrected chi connectivity index (χ3v) is 3.44. The van der Waals surface area contributed by atoms with Crippen molar-refractivity contribution in [1.82, 2.24) is 5.32 Å². The summed E-state index contributed by atoms with van der Waals surface area (Å²) < 4.78 is 23.6. The first-order chi connectivity index (χ1) is 11.6. The summed E-state index contributed by atoms with van der Waals surface area (Å²) in [5, 5.41) is 5.22. The van der Waals surface area contributed by atoms with Crippen molar-refractivity contribution >= 4 is 17.7 Å². The third-order valence-electron chi connectivity index (χ3n) is 3.44. The fourth-order valence-corrected chi connectivity index (χ4v) is 2.26. The highest BCUT2D eigenvalue weighted by molar-refractivity contribution is 5.91. The van der Waals surface area contributed by atoms with Crippen molar-refractivity contribution in [3.63, 3.8) is 0 Å². The molecule has 7 heteroatoms. The van der Waals surface area contributed by atoms with Gasteiger partial charge in [0.2, 0.25) is 0 Å². The normalized spacial score (nSPS) is 16.2. The fraction of sp³-hybridized carbons (Fsp3) is 0.176. The van der Waals surface area contributed by atoms with Crippen LogP contribution >= 0.6 is 0 Å². The Morgan fingerprint density at radius 2 is 2.00 bits per heavy atom. The average Bonchev–Trinajstić information content (AvgIpc) is 3.01. The van der Waals surface area contributed by atoms with E-state index < -0.39 is 17.8 Å². The number of amides is 2. The minimum Gasteiger partial charge on any atom is -0.481 e. The maximum atomic E-state index is 13.4. The molecule has 124 valence electrons. The van der Waals surface area contributed by atoms with E-state index in [2.05, 4.69) is 10.6 Å². The first-order valence-corrected chi connectivity index (χ1v) is 7.33. The number of para-hydroxylation sites is 1. The SMILES string of the molecule is O=C(COc1ccccc1F)Nc1ccc(C2CNC(=O)O2)cc1. The van der Waals surface area contributed by atoms with Crippen LogP contribution in [0.4, 0.5) is 14.9 Å². The lowest BCUT2D eigenvalue weighted by molar-refractivity contribution is -0.118. The van der Waals surface area contributed by atoms with E-state index in [1.165, 1.54) is 12.1 Å². The monoisotopic (exact) mass is 330 g/mol. The van der Waals surface area contributed by atoms with Gasteiger partial charge >= 0.3 is 6.09 Å². The molecule has 1 aliphatic rings. The molecule has 1 unspecified atom stereocenters. The lowest BCUT2D eigenvalue weighted by atomic mass is 10.1. The third kappa shape index (κ3) is 3.81. The molecule has 3 rings (SSSR count). The number of rotatable bonds is 5. The van der Waals surface area contributed by atoms with Crippen LogP contribution in [0.5, 0.6) is 5.75 Å². The molecule has 1 atom stereocenters. The Balaban J connectivity index is 1.53. The van der Waals surface area contributed by atoms with Crippen LogP contribution in [0.3, 0.4) is 0 Å². The van der Waals surface area contributed by atoms with Crippen LogP contribution in [0.1, 0.15) is 11.7 Å². The maximum absolute atomic E-state index is 13.4. The molecule has 0 bridgehead atoms. The summed E-state index contributed by atoms with van der Waals surface area (Å²) in [6.07, 6.45) is -0.769. The summed E-state index contributed by atoms with van der Waals surface area (Å²) in [4.78, 5) is 22.9. The van der Waals surface area contributed by atoms with E-state index in [1.807, 2.05) is 0 Å². The zero-order valence-electron chi connectivity index (χ0n) is 12.6. The van der Waals surface area contributed by atoms with Crippen molar-refractivity contribution in [2.24, 2.45) is 0 Å². The molecular weight excluding hydrogens is 315 g/mol. The quantitative estimate of drug-likeness (QED) is 0.883. The van der Waals surface area contributed by atoms with E-state index in [-0.39, 0.29) is 18.5 Å². The Hall–Kier alpha value is -3.09. The summed E-state index contributed by atoms with van der Waals surface area (Å²) in [6, 6.07) is 12.8. The molecule has 2 amide bonds. The summed E-state index contributed by atoms with van der Waals surface area (Å²) in [5.74, 6) is -0.895. The van der Waals surface area contributed by atoms with Crippen LogP contribution < -0.4 is 15.4 Å². The highest BCUT2D eigenvalue weighted by Gasteiger charge is 2.23. The van der Waals surface area contributed by atoms with Crippen LogP contribution in [0, 0.1) is 5.82 Å². The van der Waals surface area contributed by atoms with E-state index >= 15 is 0 Å². The van der Waals surface area contributed by atoms with Gasteiger partial charge in [0.05, 0.1) is 6.54 Å². The van der Waals surface area contributed by atoms with Crippen LogP contribution in [-0.2, 0) is 9.53 Å². The minimum atomic E-state index is -0.519. The zero-order chi connectivity index (χ0) is 16.9. The molecule has 0 saturated carbocycles. The summed E-state index contributed by atoms with van der Waals surface area (Å²) >= 11 is 0. The van der Waals surface area contributed by atoms with E-state index in [0.29, 0.717) is 12.2 Å². The summed E-state index contributed by atoms with van der Waals surface area (Å²) in [6.45, 7) is 0.119. The van der Waals surface area contributed by atoms with Crippen molar-refractivity contribution in [2.45, 2.75) is 6.10 Å². The largest absolute Gasteiger partial charge is 0.481 e. The fourth-order valence-electron chi connectivity index (χ4n) is 2.26. The molecule has 2 N–H and O–H groups in total. The molecule has 1 aliphatic heterocycles. The predicted octanol–water partition coefficient (Wildman–Crippen LogP) is 2.62. The Bertz CT molecular complexity index is 749. The van der Waals surface area contributed by atoms with Crippen molar-refractivity contribution in [3.8, 4) is 5.75 Å². The number of benzene rings is 2. The Morgan fingerprint density at radius 1 is 1.25 bits per heavy atom. The number of alkyl carbamates (subject to hydrolysis) is 1. The molecule has 1 heterocycles. The van der Waals surface area contributed by atoms with E-state index in [4.69, 9.17) is 9.47 Å². The van der Waals surface area contributed by atoms with Crippen LogP contribution in [0.15, 0.2) is 48.5 Å². The van der Waals surface area contributed by atoms with Gasteiger partial charge in [0, 0.05) is 5.69 Å². The molecule has 24 heavy (non-hydrogen) atoms. The first kappa shape index (κ1) is 15.8. The van der Waals surface area contributed by atoms with Crippen molar-refractivity contribution < 1.29 is 23.5 Å². The Kier molecular flexibility index (Phi) is 4.60. The second kappa shape index (κ2) is 6.99. The number of nitrogens with one attached hydrogen (secondary N) is 2. The van der Waals surface area contributed by atoms with E-state index in [0.717, 1.165) is 5.56 Å². The molecule has 0 aromatic heterocycles. The molecule has 2 aromatic carbocycles. The van der Waals surface area contributed by atoms with Crippen LogP contribution in [0.2, 0.25) is 0 Å². The molecule has 6 nitrogen and oxygen atoms in total. The molecule has 0 aliphatic carbocycles. The second-order valence-electron chi connectivity index (χ2n) is 5.16.